The number of fused-ring (bicyclic) bond motifs is 1. The van der Waals surface area contributed by atoms with Gasteiger partial charge in [-0.05, 0) is 13.0 Å². The minimum atomic E-state index is -0.595. The summed E-state index contributed by atoms with van der Waals surface area (Å²) in [6.07, 6.45) is 3.73. The van der Waals surface area contributed by atoms with Crippen molar-refractivity contribution in [2.24, 2.45) is 5.73 Å². The molecule has 1 radical (unpaired) electrons. The quantitative estimate of drug-likeness (QED) is 0.723. The van der Waals surface area contributed by atoms with Crippen LogP contribution in [0.15, 0.2) is 0 Å². The average molecular weight is 205 g/mol. The SMILES string of the molecule is CCN1CCc2[c]nc(C(N)=O)nc2C1. The molecule has 0 saturated heterocycles. The van der Waals surface area contributed by atoms with Crippen LogP contribution in [0.2, 0.25) is 0 Å². The number of carbonyl (C=O) groups excluding carboxylic acids is 1. The molecule has 1 aliphatic rings. The topological polar surface area (TPSA) is 72.1 Å². The maximum Gasteiger partial charge on any atom is 0.286 e. The Morgan fingerprint density at radius 3 is 3.13 bits per heavy atom. The van der Waals surface area contributed by atoms with Gasteiger partial charge in [0, 0.05) is 18.7 Å². The van der Waals surface area contributed by atoms with Crippen molar-refractivity contribution >= 4 is 5.91 Å². The Kier molecular flexibility index (Phi) is 2.64. The molecular weight excluding hydrogens is 192 g/mol. The summed E-state index contributed by atoms with van der Waals surface area (Å²) in [5.74, 6) is -0.533. The normalized spacial score (nSPS) is 16.1. The minimum absolute atomic E-state index is 0.0618. The third-order valence-electron chi connectivity index (χ3n) is 2.60. The molecular formula is C10H13N4O. The second-order valence-electron chi connectivity index (χ2n) is 3.57. The van der Waals surface area contributed by atoms with Crippen LogP contribution < -0.4 is 5.73 Å². The van der Waals surface area contributed by atoms with Gasteiger partial charge in [-0.3, -0.25) is 9.69 Å². The first kappa shape index (κ1) is 10.0. The number of hydrogen-bond donors (Lipinski definition) is 1. The van der Waals surface area contributed by atoms with Crippen molar-refractivity contribution < 1.29 is 4.79 Å². The lowest BCUT2D eigenvalue weighted by atomic mass is 10.1. The molecule has 0 bridgehead atoms. The van der Waals surface area contributed by atoms with E-state index in [9.17, 15) is 4.79 Å². The van der Waals surface area contributed by atoms with Crippen molar-refractivity contribution in [3.63, 3.8) is 0 Å². The lowest BCUT2D eigenvalue weighted by Crippen LogP contribution is -2.32. The van der Waals surface area contributed by atoms with Crippen LogP contribution in [-0.2, 0) is 13.0 Å². The highest BCUT2D eigenvalue weighted by atomic mass is 16.1. The highest BCUT2D eigenvalue weighted by Crippen LogP contribution is 2.15. The number of nitrogens with two attached hydrogens (primary N) is 1. The molecule has 1 aliphatic heterocycles. The number of hydrogen-bond acceptors (Lipinski definition) is 4. The molecule has 2 heterocycles. The largest absolute Gasteiger partial charge is 0.363 e. The molecule has 0 spiro atoms. The molecule has 2 N–H and O–H groups in total. The fourth-order valence-corrected chi connectivity index (χ4v) is 1.68. The van der Waals surface area contributed by atoms with Gasteiger partial charge in [0.1, 0.15) is 0 Å². The number of rotatable bonds is 2. The molecule has 1 aromatic heterocycles. The van der Waals surface area contributed by atoms with Gasteiger partial charge in [-0.2, -0.15) is 0 Å². The number of nitrogens with zero attached hydrogens (tertiary/aromatic N) is 3. The van der Waals surface area contributed by atoms with Crippen LogP contribution in [0.3, 0.4) is 0 Å². The van der Waals surface area contributed by atoms with E-state index in [0.29, 0.717) is 0 Å². The lowest BCUT2D eigenvalue weighted by molar-refractivity contribution is 0.0989. The van der Waals surface area contributed by atoms with Crippen LogP contribution in [0.25, 0.3) is 0 Å². The van der Waals surface area contributed by atoms with Crippen LogP contribution in [0.4, 0.5) is 0 Å². The number of carbonyl (C=O) groups is 1. The predicted molar refractivity (Wildman–Crippen MR) is 54.0 cm³/mol. The fraction of sp³-hybridized carbons (Fsp3) is 0.500. The summed E-state index contributed by atoms with van der Waals surface area (Å²) in [6, 6.07) is 0. The van der Waals surface area contributed by atoms with Crippen molar-refractivity contribution in [3.8, 4) is 0 Å². The van der Waals surface area contributed by atoms with Crippen LogP contribution in [-0.4, -0.2) is 33.9 Å². The molecule has 0 fully saturated rings. The van der Waals surface area contributed by atoms with Gasteiger partial charge in [0.05, 0.1) is 11.9 Å². The second kappa shape index (κ2) is 3.94. The first-order chi connectivity index (χ1) is 7.20. The zero-order chi connectivity index (χ0) is 10.8. The minimum Gasteiger partial charge on any atom is -0.363 e. The van der Waals surface area contributed by atoms with Gasteiger partial charge in [0.2, 0.25) is 5.82 Å². The molecule has 15 heavy (non-hydrogen) atoms. The molecule has 0 aliphatic carbocycles. The number of aromatic nitrogens is 2. The number of amides is 1. The molecule has 5 heteroatoms. The van der Waals surface area contributed by atoms with E-state index in [-0.39, 0.29) is 5.82 Å². The summed E-state index contributed by atoms with van der Waals surface area (Å²) >= 11 is 0. The van der Waals surface area contributed by atoms with E-state index < -0.39 is 5.91 Å². The van der Waals surface area contributed by atoms with E-state index in [0.717, 1.165) is 37.3 Å². The lowest BCUT2D eigenvalue weighted by Gasteiger charge is -2.26. The maximum atomic E-state index is 10.9. The van der Waals surface area contributed by atoms with E-state index in [1.54, 1.807) is 0 Å². The second-order valence-corrected chi connectivity index (χ2v) is 3.57. The van der Waals surface area contributed by atoms with E-state index in [1.165, 1.54) is 0 Å². The first-order valence-electron chi connectivity index (χ1n) is 5.00. The Morgan fingerprint density at radius 1 is 1.67 bits per heavy atom. The Labute approximate surface area is 88.3 Å². The van der Waals surface area contributed by atoms with Gasteiger partial charge in [0.25, 0.3) is 5.91 Å². The Hall–Kier alpha value is -1.49. The summed E-state index contributed by atoms with van der Waals surface area (Å²) in [5, 5.41) is 0. The highest BCUT2D eigenvalue weighted by Gasteiger charge is 2.18. The third-order valence-corrected chi connectivity index (χ3v) is 2.60. The zero-order valence-electron chi connectivity index (χ0n) is 8.66. The van der Waals surface area contributed by atoms with Crippen LogP contribution >= 0.6 is 0 Å². The van der Waals surface area contributed by atoms with Gasteiger partial charge < -0.3 is 5.73 Å². The average Bonchev–Trinajstić information content (AvgIpc) is 2.27. The monoisotopic (exact) mass is 205 g/mol. The van der Waals surface area contributed by atoms with E-state index in [2.05, 4.69) is 28.0 Å². The molecule has 0 unspecified atom stereocenters. The van der Waals surface area contributed by atoms with Crippen molar-refractivity contribution in [1.82, 2.24) is 14.9 Å². The summed E-state index contributed by atoms with van der Waals surface area (Å²) in [6.45, 7) is 4.84. The van der Waals surface area contributed by atoms with E-state index in [1.807, 2.05) is 0 Å². The van der Waals surface area contributed by atoms with E-state index in [4.69, 9.17) is 5.73 Å². The zero-order valence-corrected chi connectivity index (χ0v) is 8.66. The highest BCUT2D eigenvalue weighted by molar-refractivity contribution is 5.88. The summed E-state index contributed by atoms with van der Waals surface area (Å²) in [5.41, 5.74) is 7.00. The molecule has 79 valence electrons. The third kappa shape index (κ3) is 1.97. The Balaban J connectivity index is 2.30. The molecule has 0 aromatic carbocycles. The number of likely N-dealkylation sites (N-methyl/N-ethyl adjacent to an activating group) is 1. The van der Waals surface area contributed by atoms with Crippen molar-refractivity contribution in [1.29, 1.82) is 0 Å². The van der Waals surface area contributed by atoms with Crippen molar-refractivity contribution in [3.05, 3.63) is 23.3 Å². The van der Waals surface area contributed by atoms with Gasteiger partial charge in [-0.1, -0.05) is 6.92 Å². The van der Waals surface area contributed by atoms with Crippen LogP contribution in [0, 0.1) is 6.20 Å². The van der Waals surface area contributed by atoms with Crippen LogP contribution in [0.1, 0.15) is 28.8 Å². The maximum absolute atomic E-state index is 10.9. The van der Waals surface area contributed by atoms with Gasteiger partial charge in [-0.15, -0.1) is 0 Å². The summed E-state index contributed by atoms with van der Waals surface area (Å²) < 4.78 is 0. The first-order valence-corrected chi connectivity index (χ1v) is 5.00. The van der Waals surface area contributed by atoms with Crippen molar-refractivity contribution in [2.75, 3.05) is 13.1 Å². The van der Waals surface area contributed by atoms with Gasteiger partial charge in [0.15, 0.2) is 0 Å². The molecule has 0 saturated carbocycles. The molecule has 1 amide bonds. The van der Waals surface area contributed by atoms with E-state index >= 15 is 0 Å². The Morgan fingerprint density at radius 2 is 2.47 bits per heavy atom. The molecule has 5 nitrogen and oxygen atoms in total. The molecule has 1 aromatic rings. The fourth-order valence-electron chi connectivity index (χ4n) is 1.68. The molecule has 0 atom stereocenters. The van der Waals surface area contributed by atoms with Crippen LogP contribution in [0.5, 0.6) is 0 Å². The van der Waals surface area contributed by atoms with Gasteiger partial charge >= 0.3 is 0 Å². The van der Waals surface area contributed by atoms with Gasteiger partial charge in [-0.25, -0.2) is 9.97 Å². The number of primary amides is 1. The standard InChI is InChI=1S/C10H13N4O/c1-2-14-4-3-7-5-12-10(9(11)15)13-8(7)6-14/h2-4,6H2,1H3,(H2,11,15). The summed E-state index contributed by atoms with van der Waals surface area (Å²) in [7, 11) is 0. The summed E-state index contributed by atoms with van der Waals surface area (Å²) in [4.78, 5) is 21.1. The molecule has 2 rings (SSSR count). The predicted octanol–water partition coefficient (Wildman–Crippen LogP) is -0.246. The smallest absolute Gasteiger partial charge is 0.286 e. The Bertz CT molecular complexity index is 391. The van der Waals surface area contributed by atoms with Crippen molar-refractivity contribution in [2.45, 2.75) is 19.9 Å².